The largest absolute Gasteiger partial charge is 0.378 e. The lowest BCUT2D eigenvalue weighted by atomic mass is 9.96. The highest BCUT2D eigenvalue weighted by molar-refractivity contribution is 5.96. The van der Waals surface area contributed by atoms with E-state index in [0.717, 1.165) is 24.2 Å². The second-order valence-corrected chi connectivity index (χ2v) is 6.89. The van der Waals surface area contributed by atoms with Crippen LogP contribution in [0.4, 0.5) is 11.4 Å². The fourth-order valence-electron chi connectivity index (χ4n) is 3.23. The van der Waals surface area contributed by atoms with Gasteiger partial charge >= 0.3 is 0 Å². The van der Waals surface area contributed by atoms with Crippen molar-refractivity contribution >= 4 is 23.2 Å². The van der Waals surface area contributed by atoms with Gasteiger partial charge in [0.05, 0.1) is 5.92 Å². The van der Waals surface area contributed by atoms with Gasteiger partial charge in [-0.3, -0.25) is 9.59 Å². The maximum absolute atomic E-state index is 12.8. The summed E-state index contributed by atoms with van der Waals surface area (Å²) in [6.45, 7) is 1.16. The minimum absolute atomic E-state index is 0.00693. The van der Waals surface area contributed by atoms with Gasteiger partial charge in [-0.1, -0.05) is 18.2 Å². The van der Waals surface area contributed by atoms with E-state index in [9.17, 15) is 9.59 Å². The SMILES string of the molecule is CN(C)c1ccc(C(=O)N2CCC[C@H](C(=O)Nc3ccccc3)C2)cc1. The van der Waals surface area contributed by atoms with Crippen molar-refractivity contribution in [3.8, 4) is 0 Å². The minimum atomic E-state index is -0.172. The molecule has 3 rings (SSSR count). The molecule has 1 aliphatic rings. The zero-order valence-electron chi connectivity index (χ0n) is 15.3. The number of nitrogens with zero attached hydrogens (tertiary/aromatic N) is 2. The lowest BCUT2D eigenvalue weighted by Gasteiger charge is -2.32. The number of benzene rings is 2. The summed E-state index contributed by atoms with van der Waals surface area (Å²) >= 11 is 0. The molecule has 1 heterocycles. The fraction of sp³-hybridized carbons (Fsp3) is 0.333. The van der Waals surface area contributed by atoms with E-state index in [0.29, 0.717) is 18.7 Å². The van der Waals surface area contributed by atoms with Gasteiger partial charge in [-0.15, -0.1) is 0 Å². The van der Waals surface area contributed by atoms with Crippen LogP contribution in [0.5, 0.6) is 0 Å². The molecule has 0 aromatic heterocycles. The maximum Gasteiger partial charge on any atom is 0.253 e. The van der Waals surface area contributed by atoms with Crippen LogP contribution in [-0.2, 0) is 4.79 Å². The van der Waals surface area contributed by atoms with E-state index in [1.54, 1.807) is 4.90 Å². The first-order valence-corrected chi connectivity index (χ1v) is 8.97. The number of likely N-dealkylation sites (tertiary alicyclic amines) is 1. The summed E-state index contributed by atoms with van der Waals surface area (Å²) in [6.07, 6.45) is 1.65. The summed E-state index contributed by atoms with van der Waals surface area (Å²) < 4.78 is 0. The second kappa shape index (κ2) is 8.04. The highest BCUT2D eigenvalue weighted by atomic mass is 16.2. The molecule has 0 unspecified atom stereocenters. The molecule has 1 N–H and O–H groups in total. The lowest BCUT2D eigenvalue weighted by molar-refractivity contribution is -0.121. The van der Waals surface area contributed by atoms with Gasteiger partial charge in [0, 0.05) is 44.1 Å². The Labute approximate surface area is 154 Å². The molecule has 5 nitrogen and oxygen atoms in total. The average molecular weight is 351 g/mol. The number of amides is 2. The van der Waals surface area contributed by atoms with Crippen LogP contribution in [0.3, 0.4) is 0 Å². The van der Waals surface area contributed by atoms with Crippen LogP contribution in [0.1, 0.15) is 23.2 Å². The van der Waals surface area contributed by atoms with E-state index in [1.807, 2.05) is 73.6 Å². The molecule has 2 aromatic rings. The summed E-state index contributed by atoms with van der Waals surface area (Å²) in [5.41, 5.74) is 2.51. The van der Waals surface area contributed by atoms with Gasteiger partial charge in [0.1, 0.15) is 0 Å². The summed E-state index contributed by atoms with van der Waals surface area (Å²) in [4.78, 5) is 29.1. The predicted octanol–water partition coefficient (Wildman–Crippen LogP) is 3.24. The third-order valence-corrected chi connectivity index (χ3v) is 4.75. The van der Waals surface area contributed by atoms with Gasteiger partial charge in [0.25, 0.3) is 5.91 Å². The molecule has 0 bridgehead atoms. The summed E-state index contributed by atoms with van der Waals surface area (Å²) in [5.74, 6) is -0.196. The average Bonchev–Trinajstić information content (AvgIpc) is 2.68. The highest BCUT2D eigenvalue weighted by Crippen LogP contribution is 2.21. The third kappa shape index (κ3) is 4.23. The molecule has 0 spiro atoms. The molecular formula is C21H25N3O2. The Hall–Kier alpha value is -2.82. The van der Waals surface area contributed by atoms with Crippen molar-refractivity contribution < 1.29 is 9.59 Å². The molecule has 1 saturated heterocycles. The quantitative estimate of drug-likeness (QED) is 0.920. The smallest absolute Gasteiger partial charge is 0.253 e. The Morgan fingerprint density at radius 3 is 2.38 bits per heavy atom. The maximum atomic E-state index is 12.8. The lowest BCUT2D eigenvalue weighted by Crippen LogP contribution is -2.43. The normalized spacial score (nSPS) is 16.8. The molecular weight excluding hydrogens is 326 g/mol. The number of hydrogen-bond donors (Lipinski definition) is 1. The number of carbonyl (C=O) groups excluding carboxylic acids is 2. The molecule has 1 atom stereocenters. The van der Waals surface area contributed by atoms with Crippen molar-refractivity contribution in [3.63, 3.8) is 0 Å². The standard InChI is InChI=1S/C21H25N3O2/c1-23(2)19-12-10-16(11-13-19)21(26)24-14-6-7-17(15-24)20(25)22-18-8-4-3-5-9-18/h3-5,8-13,17H,6-7,14-15H2,1-2H3,(H,22,25)/t17-/m0/s1. The van der Waals surface area contributed by atoms with Gasteiger partial charge < -0.3 is 15.1 Å². The number of para-hydroxylation sites is 1. The summed E-state index contributed by atoms with van der Waals surface area (Å²) in [5, 5.41) is 2.95. The molecule has 1 fully saturated rings. The van der Waals surface area contributed by atoms with Crippen molar-refractivity contribution in [2.24, 2.45) is 5.92 Å². The van der Waals surface area contributed by atoms with Crippen LogP contribution in [0.15, 0.2) is 54.6 Å². The zero-order chi connectivity index (χ0) is 18.5. The molecule has 136 valence electrons. The molecule has 1 aliphatic heterocycles. The molecule has 2 aromatic carbocycles. The minimum Gasteiger partial charge on any atom is -0.378 e. The topological polar surface area (TPSA) is 52.7 Å². The van der Waals surface area contributed by atoms with Crippen molar-refractivity contribution in [2.45, 2.75) is 12.8 Å². The van der Waals surface area contributed by atoms with Crippen LogP contribution >= 0.6 is 0 Å². The van der Waals surface area contributed by atoms with Crippen molar-refractivity contribution in [1.29, 1.82) is 0 Å². The van der Waals surface area contributed by atoms with Crippen molar-refractivity contribution in [2.75, 3.05) is 37.4 Å². The molecule has 2 amide bonds. The third-order valence-electron chi connectivity index (χ3n) is 4.75. The second-order valence-electron chi connectivity index (χ2n) is 6.89. The number of anilines is 2. The van der Waals surface area contributed by atoms with E-state index < -0.39 is 0 Å². The first-order valence-electron chi connectivity index (χ1n) is 8.97. The van der Waals surface area contributed by atoms with Gasteiger partial charge in [0.2, 0.25) is 5.91 Å². The zero-order valence-corrected chi connectivity index (χ0v) is 15.3. The van der Waals surface area contributed by atoms with E-state index in [-0.39, 0.29) is 17.7 Å². The van der Waals surface area contributed by atoms with Crippen LogP contribution in [0.25, 0.3) is 0 Å². The highest BCUT2D eigenvalue weighted by Gasteiger charge is 2.29. The number of nitrogens with one attached hydrogen (secondary N) is 1. The van der Waals surface area contributed by atoms with Crippen molar-refractivity contribution in [1.82, 2.24) is 4.90 Å². The monoisotopic (exact) mass is 351 g/mol. The number of piperidine rings is 1. The molecule has 0 aliphatic carbocycles. The van der Waals surface area contributed by atoms with Crippen LogP contribution in [0, 0.1) is 5.92 Å². The summed E-state index contributed by atoms with van der Waals surface area (Å²) in [6, 6.07) is 17.0. The molecule has 26 heavy (non-hydrogen) atoms. The molecule has 5 heteroatoms. The fourth-order valence-corrected chi connectivity index (χ4v) is 3.23. The van der Waals surface area contributed by atoms with Gasteiger partial charge in [-0.05, 0) is 49.2 Å². The Bertz CT molecular complexity index is 757. The van der Waals surface area contributed by atoms with Crippen LogP contribution in [-0.4, -0.2) is 43.9 Å². The Morgan fingerprint density at radius 1 is 1.04 bits per heavy atom. The van der Waals surface area contributed by atoms with Gasteiger partial charge in [-0.2, -0.15) is 0 Å². The Morgan fingerprint density at radius 2 is 1.73 bits per heavy atom. The first kappa shape index (κ1) is 18.0. The van der Waals surface area contributed by atoms with E-state index >= 15 is 0 Å². The van der Waals surface area contributed by atoms with Crippen molar-refractivity contribution in [3.05, 3.63) is 60.2 Å². The predicted molar refractivity (Wildman–Crippen MR) is 104 cm³/mol. The van der Waals surface area contributed by atoms with E-state index in [4.69, 9.17) is 0 Å². The van der Waals surface area contributed by atoms with Gasteiger partial charge in [0.15, 0.2) is 0 Å². The Balaban J connectivity index is 1.64. The number of hydrogen-bond acceptors (Lipinski definition) is 3. The Kier molecular flexibility index (Phi) is 5.56. The first-order chi connectivity index (χ1) is 12.5. The summed E-state index contributed by atoms with van der Waals surface area (Å²) in [7, 11) is 3.94. The number of rotatable bonds is 4. The van der Waals surface area contributed by atoms with E-state index in [2.05, 4.69) is 5.32 Å². The molecule has 0 radical (unpaired) electrons. The van der Waals surface area contributed by atoms with E-state index in [1.165, 1.54) is 0 Å². The van der Waals surface area contributed by atoms with Crippen LogP contribution < -0.4 is 10.2 Å². The van der Waals surface area contributed by atoms with Gasteiger partial charge in [-0.25, -0.2) is 0 Å². The van der Waals surface area contributed by atoms with Crippen LogP contribution in [0.2, 0.25) is 0 Å². The number of carbonyl (C=O) groups is 2. The molecule has 0 saturated carbocycles.